The molecule has 1 heterocycles. The maximum atomic E-state index is 12.3. The first kappa shape index (κ1) is 18.6. The van der Waals surface area contributed by atoms with Gasteiger partial charge in [-0.25, -0.2) is 0 Å². The molecule has 0 aliphatic rings. The van der Waals surface area contributed by atoms with Crippen LogP contribution < -0.4 is 0 Å². The highest BCUT2D eigenvalue weighted by molar-refractivity contribution is 7.97. The lowest BCUT2D eigenvalue weighted by Crippen LogP contribution is -2.11. The molecule has 2 aromatic carbocycles. The normalized spacial score (nSPS) is 12.3. The zero-order chi connectivity index (χ0) is 18.5. The van der Waals surface area contributed by atoms with Gasteiger partial charge < -0.3 is 9.72 Å². The van der Waals surface area contributed by atoms with Crippen LogP contribution in [-0.2, 0) is 15.3 Å². The van der Waals surface area contributed by atoms with Crippen molar-refractivity contribution >= 4 is 28.6 Å². The summed E-state index contributed by atoms with van der Waals surface area (Å²) in [4.78, 5) is 15.7. The molecule has 1 N–H and O–H groups in total. The van der Waals surface area contributed by atoms with Gasteiger partial charge in [0.2, 0.25) is 0 Å². The molecule has 3 nitrogen and oxygen atoms in total. The second-order valence-corrected chi connectivity index (χ2v) is 7.36. The first-order valence-corrected chi connectivity index (χ1v) is 10.3. The number of hydrogen-bond acceptors (Lipinski definition) is 3. The Bertz CT molecular complexity index is 883. The first-order valence-electron chi connectivity index (χ1n) is 8.94. The van der Waals surface area contributed by atoms with E-state index in [1.54, 1.807) is 0 Å². The van der Waals surface area contributed by atoms with Crippen molar-refractivity contribution in [3.63, 3.8) is 0 Å². The van der Waals surface area contributed by atoms with Gasteiger partial charge in [0.1, 0.15) is 0 Å². The van der Waals surface area contributed by atoms with E-state index in [1.807, 2.05) is 18.7 Å². The summed E-state index contributed by atoms with van der Waals surface area (Å²) < 4.78 is 5.24. The van der Waals surface area contributed by atoms with Crippen LogP contribution in [0.5, 0.6) is 0 Å². The molecule has 0 fully saturated rings. The van der Waals surface area contributed by atoms with Crippen LogP contribution in [0.3, 0.4) is 0 Å². The number of para-hydroxylation sites is 1. The summed E-state index contributed by atoms with van der Waals surface area (Å²) in [7, 11) is 0. The Balaban J connectivity index is 2.06. The fraction of sp³-hybridized carbons (Fsp3) is 0.318. The number of carbonyl (C=O) groups excluding carboxylic acids is 1. The fourth-order valence-corrected chi connectivity index (χ4v) is 3.95. The fourth-order valence-electron chi connectivity index (χ4n) is 3.40. The molecule has 1 unspecified atom stereocenters. The van der Waals surface area contributed by atoms with Crippen LogP contribution in [0.25, 0.3) is 10.9 Å². The average Bonchev–Trinajstić information content (AvgIpc) is 3.06. The third-order valence-corrected chi connectivity index (χ3v) is 5.26. The molecule has 0 aliphatic carbocycles. The summed E-state index contributed by atoms with van der Waals surface area (Å²) in [5.74, 6) is 0.783. The van der Waals surface area contributed by atoms with Gasteiger partial charge in [-0.1, -0.05) is 48.0 Å². The van der Waals surface area contributed by atoms with Gasteiger partial charge in [0.15, 0.2) is 0 Å². The molecule has 0 saturated heterocycles. The standard InChI is InChI=1S/C22H25NO2S/c1-4-25-21(24)12-19(16-10-8-15(2)9-11-16)20-13-23-22-17(14-26-3)6-5-7-18(20)22/h5-11,13,19,23H,4,12,14H2,1-3H3. The van der Waals surface area contributed by atoms with Crippen molar-refractivity contribution in [1.29, 1.82) is 0 Å². The highest BCUT2D eigenvalue weighted by Crippen LogP contribution is 2.35. The number of fused-ring (bicyclic) bond motifs is 1. The van der Waals surface area contributed by atoms with E-state index in [0.717, 1.165) is 22.4 Å². The van der Waals surface area contributed by atoms with Crippen LogP contribution in [0, 0.1) is 6.92 Å². The van der Waals surface area contributed by atoms with E-state index in [4.69, 9.17) is 4.74 Å². The number of ether oxygens (including phenoxy) is 1. The van der Waals surface area contributed by atoms with Gasteiger partial charge in [-0.15, -0.1) is 0 Å². The number of hydrogen-bond donors (Lipinski definition) is 1. The number of benzene rings is 2. The van der Waals surface area contributed by atoms with Crippen LogP contribution in [0.1, 0.15) is 41.5 Å². The van der Waals surface area contributed by atoms with Crippen molar-refractivity contribution in [1.82, 2.24) is 4.98 Å². The SMILES string of the molecule is CCOC(=O)CC(c1ccc(C)cc1)c1c[nH]c2c(CSC)cccc12. The van der Waals surface area contributed by atoms with E-state index in [1.165, 1.54) is 16.5 Å². The Hall–Kier alpha value is -2.20. The summed E-state index contributed by atoms with van der Waals surface area (Å²) in [6.07, 6.45) is 4.51. The van der Waals surface area contributed by atoms with E-state index in [-0.39, 0.29) is 11.9 Å². The van der Waals surface area contributed by atoms with E-state index in [2.05, 4.69) is 66.8 Å². The number of thioether (sulfide) groups is 1. The summed E-state index contributed by atoms with van der Waals surface area (Å²) in [5, 5.41) is 1.19. The molecule has 0 amide bonds. The smallest absolute Gasteiger partial charge is 0.306 e. The first-order chi connectivity index (χ1) is 12.6. The molecule has 0 saturated carbocycles. The van der Waals surface area contributed by atoms with Crippen LogP contribution in [0.2, 0.25) is 0 Å². The largest absolute Gasteiger partial charge is 0.466 e. The number of aromatic nitrogens is 1. The molecule has 0 spiro atoms. The Kier molecular flexibility index (Phi) is 6.04. The molecule has 1 atom stereocenters. The second kappa shape index (κ2) is 8.45. The van der Waals surface area contributed by atoms with Gasteiger partial charge in [0, 0.05) is 28.8 Å². The predicted octanol–water partition coefficient (Wildman–Crippen LogP) is 5.42. The van der Waals surface area contributed by atoms with Crippen LogP contribution in [0.15, 0.2) is 48.7 Å². The summed E-state index contributed by atoms with van der Waals surface area (Å²) in [6, 6.07) is 14.8. The summed E-state index contributed by atoms with van der Waals surface area (Å²) in [5.41, 5.74) is 5.96. The van der Waals surface area contributed by atoms with Crippen molar-refractivity contribution in [3.05, 3.63) is 70.9 Å². The number of rotatable bonds is 7. The maximum Gasteiger partial charge on any atom is 0.306 e. The van der Waals surface area contributed by atoms with Crippen molar-refractivity contribution in [2.75, 3.05) is 12.9 Å². The van der Waals surface area contributed by atoms with Crippen molar-refractivity contribution in [3.8, 4) is 0 Å². The van der Waals surface area contributed by atoms with Crippen molar-refractivity contribution < 1.29 is 9.53 Å². The van der Waals surface area contributed by atoms with Crippen LogP contribution in [-0.4, -0.2) is 23.8 Å². The predicted molar refractivity (Wildman–Crippen MR) is 110 cm³/mol. The summed E-state index contributed by atoms with van der Waals surface area (Å²) in [6.45, 7) is 4.33. The van der Waals surface area contributed by atoms with Crippen LogP contribution >= 0.6 is 11.8 Å². The van der Waals surface area contributed by atoms with Gasteiger partial charge >= 0.3 is 5.97 Å². The Morgan fingerprint density at radius 3 is 2.65 bits per heavy atom. The third-order valence-electron chi connectivity index (χ3n) is 4.66. The molecule has 26 heavy (non-hydrogen) atoms. The lowest BCUT2D eigenvalue weighted by molar-refractivity contribution is -0.143. The number of aryl methyl sites for hydroxylation is 1. The Morgan fingerprint density at radius 1 is 1.19 bits per heavy atom. The minimum atomic E-state index is -0.160. The van der Waals surface area contributed by atoms with Gasteiger partial charge in [-0.2, -0.15) is 11.8 Å². The average molecular weight is 368 g/mol. The van der Waals surface area contributed by atoms with E-state index >= 15 is 0 Å². The molecule has 0 aliphatic heterocycles. The zero-order valence-electron chi connectivity index (χ0n) is 15.5. The highest BCUT2D eigenvalue weighted by atomic mass is 32.2. The van der Waals surface area contributed by atoms with E-state index in [9.17, 15) is 4.79 Å². The molecule has 4 heteroatoms. The van der Waals surface area contributed by atoms with Crippen LogP contribution in [0.4, 0.5) is 0 Å². The minimum Gasteiger partial charge on any atom is -0.466 e. The quantitative estimate of drug-likeness (QED) is 0.567. The lowest BCUT2D eigenvalue weighted by atomic mass is 9.87. The van der Waals surface area contributed by atoms with Gasteiger partial charge in [-0.05, 0) is 36.8 Å². The number of aromatic amines is 1. The molecular weight excluding hydrogens is 342 g/mol. The molecule has 3 aromatic rings. The van der Waals surface area contributed by atoms with Gasteiger partial charge in [0.25, 0.3) is 0 Å². The van der Waals surface area contributed by atoms with Gasteiger partial charge in [-0.3, -0.25) is 4.79 Å². The second-order valence-electron chi connectivity index (χ2n) is 6.49. The number of esters is 1. The Labute approximate surface area is 159 Å². The molecule has 3 rings (SSSR count). The van der Waals surface area contributed by atoms with Gasteiger partial charge in [0.05, 0.1) is 13.0 Å². The highest BCUT2D eigenvalue weighted by Gasteiger charge is 2.22. The molecule has 0 radical (unpaired) electrons. The summed E-state index contributed by atoms with van der Waals surface area (Å²) >= 11 is 1.81. The molecule has 0 bridgehead atoms. The van der Waals surface area contributed by atoms with E-state index < -0.39 is 0 Å². The third kappa shape index (κ3) is 3.96. The number of carbonyl (C=O) groups is 1. The zero-order valence-corrected chi connectivity index (χ0v) is 16.4. The Morgan fingerprint density at radius 2 is 1.96 bits per heavy atom. The maximum absolute atomic E-state index is 12.3. The number of nitrogens with one attached hydrogen (secondary N) is 1. The number of H-pyrrole nitrogens is 1. The molecular formula is C22H25NO2S. The minimum absolute atomic E-state index is 0.0204. The monoisotopic (exact) mass is 367 g/mol. The topological polar surface area (TPSA) is 42.1 Å². The van der Waals surface area contributed by atoms with Crippen molar-refractivity contribution in [2.24, 2.45) is 0 Å². The molecule has 1 aromatic heterocycles. The molecule has 136 valence electrons. The lowest BCUT2D eigenvalue weighted by Gasteiger charge is -2.17. The van der Waals surface area contributed by atoms with Crippen molar-refractivity contribution in [2.45, 2.75) is 31.9 Å². The van der Waals surface area contributed by atoms with E-state index in [0.29, 0.717) is 13.0 Å².